The van der Waals surface area contributed by atoms with Crippen LogP contribution in [0.25, 0.3) is 11.4 Å². The van der Waals surface area contributed by atoms with E-state index in [4.69, 9.17) is 28.9 Å². The molecule has 6 heteroatoms. The van der Waals surface area contributed by atoms with Crippen molar-refractivity contribution in [1.82, 2.24) is 9.97 Å². The fraction of sp³-hybridized carbons (Fsp3) is 0.286. The van der Waals surface area contributed by atoms with Gasteiger partial charge in [-0.15, -0.1) is 0 Å². The van der Waals surface area contributed by atoms with Crippen LogP contribution < -0.4 is 5.73 Å². The SMILES string of the molecule is CC(C)(C)c1nc(-c2ccc(Cl)c(Cl)c2)nc(N)c1Br. The Kier molecular flexibility index (Phi) is 4.28. The van der Waals surface area contributed by atoms with Crippen LogP contribution in [0.3, 0.4) is 0 Å². The number of nitrogens with two attached hydrogens (primary N) is 1. The molecular weight excluding hydrogens is 361 g/mol. The van der Waals surface area contributed by atoms with Gasteiger partial charge in [-0.05, 0) is 34.1 Å². The zero-order valence-electron chi connectivity index (χ0n) is 11.3. The zero-order valence-corrected chi connectivity index (χ0v) is 14.4. The summed E-state index contributed by atoms with van der Waals surface area (Å²) >= 11 is 15.4. The Morgan fingerprint density at radius 3 is 2.30 bits per heavy atom. The Bertz CT molecular complexity index is 666. The van der Waals surface area contributed by atoms with Gasteiger partial charge >= 0.3 is 0 Å². The Labute approximate surface area is 136 Å². The van der Waals surface area contributed by atoms with Gasteiger partial charge in [0.05, 0.1) is 20.2 Å². The summed E-state index contributed by atoms with van der Waals surface area (Å²) in [7, 11) is 0. The molecule has 0 saturated carbocycles. The molecule has 2 aromatic rings. The smallest absolute Gasteiger partial charge is 0.161 e. The molecule has 0 saturated heterocycles. The second kappa shape index (κ2) is 5.51. The minimum Gasteiger partial charge on any atom is -0.383 e. The first-order valence-corrected chi connectivity index (χ1v) is 7.54. The van der Waals surface area contributed by atoms with E-state index in [2.05, 4.69) is 46.7 Å². The van der Waals surface area contributed by atoms with E-state index in [1.165, 1.54) is 0 Å². The summed E-state index contributed by atoms with van der Waals surface area (Å²) in [6, 6.07) is 5.28. The van der Waals surface area contributed by atoms with Crippen molar-refractivity contribution in [2.45, 2.75) is 26.2 Å². The first-order chi connectivity index (χ1) is 9.20. The van der Waals surface area contributed by atoms with Crippen molar-refractivity contribution in [1.29, 1.82) is 0 Å². The Morgan fingerprint density at radius 1 is 1.10 bits per heavy atom. The molecule has 1 aromatic heterocycles. The first kappa shape index (κ1) is 15.5. The average Bonchev–Trinajstić information content (AvgIpc) is 2.34. The van der Waals surface area contributed by atoms with E-state index in [0.29, 0.717) is 21.7 Å². The molecule has 0 aliphatic rings. The van der Waals surface area contributed by atoms with Gasteiger partial charge in [0, 0.05) is 11.0 Å². The van der Waals surface area contributed by atoms with Crippen LogP contribution in [0.15, 0.2) is 22.7 Å². The summed E-state index contributed by atoms with van der Waals surface area (Å²) in [4.78, 5) is 8.91. The third kappa shape index (κ3) is 3.08. The maximum absolute atomic E-state index is 6.04. The van der Waals surface area contributed by atoms with Gasteiger partial charge < -0.3 is 5.73 Å². The van der Waals surface area contributed by atoms with Crippen LogP contribution in [0.2, 0.25) is 10.0 Å². The molecule has 20 heavy (non-hydrogen) atoms. The van der Waals surface area contributed by atoms with Crippen LogP contribution >= 0.6 is 39.1 Å². The summed E-state index contributed by atoms with van der Waals surface area (Å²) in [6.07, 6.45) is 0. The van der Waals surface area contributed by atoms with Crippen molar-refractivity contribution in [3.8, 4) is 11.4 Å². The highest BCUT2D eigenvalue weighted by Crippen LogP contribution is 2.34. The lowest BCUT2D eigenvalue weighted by atomic mass is 9.91. The molecule has 0 unspecified atom stereocenters. The highest BCUT2D eigenvalue weighted by atomic mass is 79.9. The number of aromatic nitrogens is 2. The molecule has 0 aliphatic heterocycles. The Hall–Kier alpha value is -0.840. The van der Waals surface area contributed by atoms with Crippen molar-refractivity contribution in [2.24, 2.45) is 0 Å². The van der Waals surface area contributed by atoms with Crippen LogP contribution in [0, 0.1) is 0 Å². The maximum Gasteiger partial charge on any atom is 0.161 e. The maximum atomic E-state index is 6.04. The molecule has 3 nitrogen and oxygen atoms in total. The summed E-state index contributed by atoms with van der Waals surface area (Å²) in [5.41, 5.74) is 7.45. The summed E-state index contributed by atoms with van der Waals surface area (Å²) in [6.45, 7) is 6.20. The molecule has 1 aromatic carbocycles. The number of nitrogens with zero attached hydrogens (tertiary/aromatic N) is 2. The third-order valence-corrected chi connectivity index (χ3v) is 4.29. The molecule has 0 fully saturated rings. The Morgan fingerprint density at radius 2 is 1.75 bits per heavy atom. The van der Waals surface area contributed by atoms with Crippen molar-refractivity contribution in [3.05, 3.63) is 38.4 Å². The van der Waals surface area contributed by atoms with Gasteiger partial charge in [0.15, 0.2) is 5.82 Å². The van der Waals surface area contributed by atoms with Gasteiger partial charge in [0.2, 0.25) is 0 Å². The lowest BCUT2D eigenvalue weighted by Gasteiger charge is -2.21. The van der Waals surface area contributed by atoms with Crippen molar-refractivity contribution in [3.63, 3.8) is 0 Å². The van der Waals surface area contributed by atoms with E-state index in [1.807, 2.05) is 6.07 Å². The predicted octanol–water partition coefficient (Wildman–Crippen LogP) is 5.09. The van der Waals surface area contributed by atoms with Gasteiger partial charge in [-0.25, -0.2) is 9.97 Å². The largest absolute Gasteiger partial charge is 0.383 e. The minimum atomic E-state index is -0.152. The van der Waals surface area contributed by atoms with Crippen molar-refractivity contribution >= 4 is 44.9 Å². The van der Waals surface area contributed by atoms with Gasteiger partial charge in [-0.1, -0.05) is 44.0 Å². The fourth-order valence-electron chi connectivity index (χ4n) is 1.73. The number of nitrogen functional groups attached to an aromatic ring is 1. The first-order valence-electron chi connectivity index (χ1n) is 5.99. The molecule has 0 radical (unpaired) electrons. The minimum absolute atomic E-state index is 0.152. The highest BCUT2D eigenvalue weighted by molar-refractivity contribution is 9.10. The lowest BCUT2D eigenvalue weighted by Crippen LogP contribution is -2.17. The van der Waals surface area contributed by atoms with E-state index in [1.54, 1.807) is 12.1 Å². The number of hydrogen-bond donors (Lipinski definition) is 1. The summed E-state index contributed by atoms with van der Waals surface area (Å²) in [5.74, 6) is 0.945. The lowest BCUT2D eigenvalue weighted by molar-refractivity contribution is 0.565. The van der Waals surface area contributed by atoms with E-state index in [9.17, 15) is 0 Å². The molecule has 106 valence electrons. The number of hydrogen-bond acceptors (Lipinski definition) is 3. The zero-order chi connectivity index (χ0) is 15.1. The standard InChI is InChI=1S/C14H14BrCl2N3/c1-14(2,3)11-10(15)12(18)20-13(19-11)7-4-5-8(16)9(17)6-7/h4-6H,1-3H3,(H2,18,19,20). The molecular formula is C14H14BrCl2N3. The molecule has 0 amide bonds. The van der Waals surface area contributed by atoms with Crippen LogP contribution in [0.1, 0.15) is 26.5 Å². The topological polar surface area (TPSA) is 51.8 Å². The van der Waals surface area contributed by atoms with Crippen LogP contribution in [0.4, 0.5) is 5.82 Å². The summed E-state index contributed by atoms with van der Waals surface area (Å²) in [5, 5.41) is 0.961. The number of benzene rings is 1. The monoisotopic (exact) mass is 373 g/mol. The average molecular weight is 375 g/mol. The predicted molar refractivity (Wildman–Crippen MR) is 88.3 cm³/mol. The number of anilines is 1. The van der Waals surface area contributed by atoms with Crippen molar-refractivity contribution < 1.29 is 0 Å². The molecule has 0 spiro atoms. The van der Waals surface area contributed by atoms with Crippen LogP contribution in [-0.2, 0) is 5.41 Å². The number of rotatable bonds is 1. The molecule has 0 bridgehead atoms. The molecule has 1 heterocycles. The van der Waals surface area contributed by atoms with Crippen LogP contribution in [0.5, 0.6) is 0 Å². The Balaban J connectivity index is 2.63. The third-order valence-electron chi connectivity index (χ3n) is 2.77. The van der Waals surface area contributed by atoms with Crippen LogP contribution in [-0.4, -0.2) is 9.97 Å². The van der Waals surface area contributed by atoms with Gasteiger partial charge in [-0.2, -0.15) is 0 Å². The van der Waals surface area contributed by atoms with Gasteiger partial charge in [0.25, 0.3) is 0 Å². The molecule has 0 atom stereocenters. The van der Waals surface area contributed by atoms with E-state index < -0.39 is 0 Å². The van der Waals surface area contributed by atoms with E-state index in [-0.39, 0.29) is 5.41 Å². The second-order valence-electron chi connectivity index (χ2n) is 5.47. The van der Waals surface area contributed by atoms with Gasteiger partial charge in [-0.3, -0.25) is 0 Å². The highest BCUT2D eigenvalue weighted by Gasteiger charge is 2.22. The number of halogens is 3. The quantitative estimate of drug-likeness (QED) is 0.755. The molecule has 2 N–H and O–H groups in total. The van der Waals surface area contributed by atoms with Crippen molar-refractivity contribution in [2.75, 3.05) is 5.73 Å². The normalized spacial score (nSPS) is 11.7. The van der Waals surface area contributed by atoms with E-state index in [0.717, 1.165) is 15.7 Å². The molecule has 2 rings (SSSR count). The summed E-state index contributed by atoms with van der Waals surface area (Å²) < 4.78 is 0.730. The van der Waals surface area contributed by atoms with Gasteiger partial charge in [0.1, 0.15) is 5.82 Å². The second-order valence-corrected chi connectivity index (χ2v) is 7.08. The van der Waals surface area contributed by atoms with E-state index >= 15 is 0 Å². The fourth-order valence-corrected chi connectivity index (χ4v) is 2.80. The molecule has 0 aliphatic carbocycles.